The van der Waals surface area contributed by atoms with Gasteiger partial charge in [-0.2, -0.15) is 0 Å². The predicted octanol–water partition coefficient (Wildman–Crippen LogP) is 7.19. The van der Waals surface area contributed by atoms with E-state index in [0.717, 1.165) is 34.9 Å². The van der Waals surface area contributed by atoms with Gasteiger partial charge >= 0.3 is 6.03 Å². The summed E-state index contributed by atoms with van der Waals surface area (Å²) in [6.45, 7) is 1.74. The quantitative estimate of drug-likeness (QED) is 0.172. The number of urea groups is 1. The van der Waals surface area contributed by atoms with Gasteiger partial charge in [0.2, 0.25) is 11.9 Å². The first-order chi connectivity index (χ1) is 21.8. The molecule has 3 amide bonds. The van der Waals surface area contributed by atoms with Crippen LogP contribution >= 0.6 is 22.6 Å². The van der Waals surface area contributed by atoms with Crippen LogP contribution in [0.4, 0.5) is 16.2 Å². The molecule has 5 rings (SSSR count). The molecule has 3 aromatic rings. The summed E-state index contributed by atoms with van der Waals surface area (Å²) in [5, 5.41) is 6.12. The van der Waals surface area contributed by atoms with Crippen molar-refractivity contribution in [2.24, 2.45) is 4.99 Å². The summed E-state index contributed by atoms with van der Waals surface area (Å²) in [5.41, 5.74) is 5.41. The van der Waals surface area contributed by atoms with Gasteiger partial charge in [-0.05, 0) is 89.2 Å². The molecule has 0 saturated heterocycles. The first-order valence-corrected chi connectivity index (χ1v) is 17.1. The minimum atomic E-state index is -0.234. The number of rotatable bonds is 10. The second kappa shape index (κ2) is 15.6. The third-order valence-electron chi connectivity index (χ3n) is 8.77. The van der Waals surface area contributed by atoms with Gasteiger partial charge in [0.15, 0.2) is 0 Å². The third-order valence-corrected chi connectivity index (χ3v) is 9.49. The van der Waals surface area contributed by atoms with Crippen molar-refractivity contribution >= 4 is 51.9 Å². The molecule has 1 aliphatic heterocycles. The zero-order valence-corrected chi connectivity index (χ0v) is 28.8. The lowest BCUT2D eigenvalue weighted by Gasteiger charge is -2.41. The Morgan fingerprint density at radius 1 is 0.911 bits per heavy atom. The van der Waals surface area contributed by atoms with Crippen LogP contribution in [0.25, 0.3) is 0 Å². The molecule has 2 aliphatic rings. The fourth-order valence-electron chi connectivity index (χ4n) is 6.24. The van der Waals surface area contributed by atoms with Crippen LogP contribution in [0.5, 0.6) is 0 Å². The Hall–Kier alpha value is -3.60. The summed E-state index contributed by atoms with van der Waals surface area (Å²) in [6.07, 6.45) is 7.47. The van der Waals surface area contributed by atoms with Gasteiger partial charge in [-0.3, -0.25) is 4.79 Å². The Bertz CT molecular complexity index is 1470. The number of hydrogen-bond donors (Lipinski definition) is 2. The molecule has 0 radical (unpaired) electrons. The Balaban J connectivity index is 1.41. The van der Waals surface area contributed by atoms with E-state index >= 15 is 0 Å². The van der Waals surface area contributed by atoms with Crippen LogP contribution in [0.3, 0.4) is 0 Å². The normalized spacial score (nSPS) is 16.4. The van der Waals surface area contributed by atoms with Crippen LogP contribution in [-0.2, 0) is 11.3 Å². The highest BCUT2D eigenvalue weighted by Crippen LogP contribution is 2.41. The van der Waals surface area contributed by atoms with E-state index in [9.17, 15) is 9.59 Å². The van der Waals surface area contributed by atoms with Gasteiger partial charge < -0.3 is 25.3 Å². The molecule has 1 atom stereocenters. The van der Waals surface area contributed by atoms with Crippen LogP contribution in [0.2, 0.25) is 0 Å². The molecule has 2 N–H and O–H groups in total. The average molecular weight is 721 g/mol. The summed E-state index contributed by atoms with van der Waals surface area (Å²) in [5.74, 6) is 1.41. The van der Waals surface area contributed by atoms with Crippen molar-refractivity contribution in [1.29, 1.82) is 0 Å². The van der Waals surface area contributed by atoms with Crippen LogP contribution in [-0.4, -0.2) is 61.9 Å². The van der Waals surface area contributed by atoms with Gasteiger partial charge in [-0.25, -0.2) is 9.79 Å². The molecule has 1 heterocycles. The Kier molecular flexibility index (Phi) is 11.4. The molecule has 1 saturated carbocycles. The lowest BCUT2D eigenvalue weighted by molar-refractivity contribution is -0.121. The lowest BCUT2D eigenvalue weighted by atomic mass is 9.84. The maximum atomic E-state index is 13.6. The fourth-order valence-corrected chi connectivity index (χ4v) is 6.60. The highest BCUT2D eigenvalue weighted by molar-refractivity contribution is 14.1. The number of anilines is 1. The third kappa shape index (κ3) is 8.56. The number of para-hydroxylation sites is 1. The molecule has 0 bridgehead atoms. The van der Waals surface area contributed by atoms with E-state index in [0.29, 0.717) is 25.6 Å². The van der Waals surface area contributed by atoms with Crippen LogP contribution in [0.15, 0.2) is 77.8 Å². The van der Waals surface area contributed by atoms with Crippen molar-refractivity contribution in [2.45, 2.75) is 63.5 Å². The molecule has 3 aromatic carbocycles. The predicted molar refractivity (Wildman–Crippen MR) is 191 cm³/mol. The lowest BCUT2D eigenvalue weighted by Crippen LogP contribution is -2.48. The SMILES string of the molecule is CN(C)C(=O)NCCCN(C)C1=Nc2ccccc2C(CC(=O)NCc2ccc(I)cc2)N1c1ccc(C2CCCCC2)cc1. The second-order valence-corrected chi connectivity index (χ2v) is 13.5. The maximum absolute atomic E-state index is 13.6. The van der Waals surface area contributed by atoms with Crippen molar-refractivity contribution in [1.82, 2.24) is 20.4 Å². The maximum Gasteiger partial charge on any atom is 0.316 e. The van der Waals surface area contributed by atoms with Gasteiger partial charge in [0, 0.05) is 55.6 Å². The van der Waals surface area contributed by atoms with E-state index in [1.165, 1.54) is 41.2 Å². The highest BCUT2D eigenvalue weighted by Gasteiger charge is 2.34. The molecule has 0 spiro atoms. The summed E-state index contributed by atoms with van der Waals surface area (Å²) in [7, 11) is 5.52. The van der Waals surface area contributed by atoms with Crippen LogP contribution in [0.1, 0.15) is 73.6 Å². The minimum absolute atomic E-state index is 0.00696. The van der Waals surface area contributed by atoms with Gasteiger partial charge in [-0.15, -0.1) is 0 Å². The minimum Gasteiger partial charge on any atom is -0.352 e. The molecular formula is C36H45IN6O2. The van der Waals surface area contributed by atoms with E-state index in [-0.39, 0.29) is 24.4 Å². The van der Waals surface area contributed by atoms with Gasteiger partial charge in [0.25, 0.3) is 0 Å². The van der Waals surface area contributed by atoms with Crippen molar-refractivity contribution in [3.05, 3.63) is 93.1 Å². The molecule has 45 heavy (non-hydrogen) atoms. The van der Waals surface area contributed by atoms with Gasteiger partial charge in [0.1, 0.15) is 0 Å². The van der Waals surface area contributed by atoms with Crippen LogP contribution in [0, 0.1) is 3.57 Å². The van der Waals surface area contributed by atoms with Crippen molar-refractivity contribution < 1.29 is 9.59 Å². The molecular weight excluding hydrogens is 675 g/mol. The number of amides is 3. The Morgan fingerprint density at radius 3 is 2.33 bits per heavy atom. The number of fused-ring (bicyclic) bond motifs is 1. The van der Waals surface area contributed by atoms with Crippen molar-refractivity contribution in [3.63, 3.8) is 0 Å². The largest absolute Gasteiger partial charge is 0.352 e. The number of carbonyl (C=O) groups is 2. The second-order valence-electron chi connectivity index (χ2n) is 12.3. The molecule has 238 valence electrons. The Labute approximate surface area is 281 Å². The van der Waals surface area contributed by atoms with E-state index in [1.54, 1.807) is 19.0 Å². The zero-order chi connectivity index (χ0) is 31.8. The number of benzene rings is 3. The summed E-state index contributed by atoms with van der Waals surface area (Å²) >= 11 is 2.29. The first-order valence-electron chi connectivity index (χ1n) is 16.0. The molecule has 1 unspecified atom stereocenters. The number of aliphatic imine (C=N–C) groups is 1. The molecule has 1 fully saturated rings. The Morgan fingerprint density at radius 2 is 1.62 bits per heavy atom. The molecule has 8 nitrogen and oxygen atoms in total. The monoisotopic (exact) mass is 720 g/mol. The summed E-state index contributed by atoms with van der Waals surface area (Å²) in [6, 6.07) is 25.0. The van der Waals surface area contributed by atoms with E-state index in [2.05, 4.69) is 97.6 Å². The number of halogens is 1. The van der Waals surface area contributed by atoms with Crippen LogP contribution < -0.4 is 15.5 Å². The number of nitrogens with one attached hydrogen (secondary N) is 2. The number of guanidine groups is 1. The smallest absolute Gasteiger partial charge is 0.316 e. The van der Waals surface area contributed by atoms with Gasteiger partial charge in [-0.1, -0.05) is 61.7 Å². The average Bonchev–Trinajstić information content (AvgIpc) is 3.06. The summed E-state index contributed by atoms with van der Waals surface area (Å²) < 4.78 is 1.17. The van der Waals surface area contributed by atoms with E-state index < -0.39 is 0 Å². The van der Waals surface area contributed by atoms with Crippen molar-refractivity contribution in [3.8, 4) is 0 Å². The zero-order valence-electron chi connectivity index (χ0n) is 26.6. The summed E-state index contributed by atoms with van der Waals surface area (Å²) in [4.78, 5) is 36.7. The van der Waals surface area contributed by atoms with Gasteiger partial charge in [0.05, 0.1) is 18.2 Å². The molecule has 9 heteroatoms. The molecule has 0 aromatic heterocycles. The number of hydrogen-bond acceptors (Lipinski definition) is 5. The van der Waals surface area contributed by atoms with E-state index in [4.69, 9.17) is 4.99 Å². The topological polar surface area (TPSA) is 80.3 Å². The molecule has 1 aliphatic carbocycles. The first kappa shape index (κ1) is 32.8. The number of carbonyl (C=O) groups excluding carboxylic acids is 2. The number of nitrogens with zero attached hydrogens (tertiary/aromatic N) is 4. The highest BCUT2D eigenvalue weighted by atomic mass is 127. The fraction of sp³-hybridized carbons (Fsp3) is 0.417. The van der Waals surface area contributed by atoms with Crippen molar-refractivity contribution in [2.75, 3.05) is 39.1 Å². The standard InChI is InChI=1S/C36H45IN6O2/c1-41(2)36(45)38-22-9-23-42(3)35-40-32-13-8-7-12-31(32)33(24-34(44)39-25-26-14-18-29(37)19-15-26)43(35)30-20-16-28(17-21-30)27-10-5-4-6-11-27/h7-8,12-21,27,33H,4-6,9-11,22-25H2,1-3H3,(H,38,45)(H,39,44). The van der Waals surface area contributed by atoms with E-state index in [1.807, 2.05) is 25.2 Å².